The van der Waals surface area contributed by atoms with Crippen LogP contribution in [0.1, 0.15) is 5.56 Å². The third kappa shape index (κ3) is 3.89. The number of halogens is 4. The van der Waals surface area contributed by atoms with Crippen LogP contribution >= 0.6 is 15.9 Å². The second-order valence-corrected chi connectivity index (χ2v) is 4.60. The van der Waals surface area contributed by atoms with E-state index in [0.29, 0.717) is 17.6 Å². The van der Waals surface area contributed by atoms with Crippen molar-refractivity contribution in [3.05, 3.63) is 28.2 Å². The fourth-order valence-corrected chi connectivity index (χ4v) is 1.83. The van der Waals surface area contributed by atoms with Gasteiger partial charge in [0.25, 0.3) is 0 Å². The predicted molar refractivity (Wildman–Crippen MR) is 66.3 cm³/mol. The molecule has 0 spiro atoms. The van der Waals surface area contributed by atoms with Crippen LogP contribution in [0, 0.1) is 0 Å². The maximum Gasteiger partial charge on any atom is 0.418 e. The van der Waals surface area contributed by atoms with E-state index >= 15 is 0 Å². The van der Waals surface area contributed by atoms with Gasteiger partial charge < -0.3 is 10.2 Å². The fourth-order valence-electron chi connectivity index (χ4n) is 1.47. The zero-order chi connectivity index (χ0) is 13.1. The summed E-state index contributed by atoms with van der Waals surface area (Å²) in [6.07, 6.45) is -4.34. The number of hydrogen-bond acceptors (Lipinski definition) is 2. The van der Waals surface area contributed by atoms with E-state index in [2.05, 4.69) is 21.2 Å². The zero-order valence-electron chi connectivity index (χ0n) is 9.61. The van der Waals surface area contributed by atoms with Crippen LogP contribution in [0.5, 0.6) is 0 Å². The van der Waals surface area contributed by atoms with Crippen molar-refractivity contribution in [3.8, 4) is 0 Å². The Hall–Kier alpha value is -0.750. The summed E-state index contributed by atoms with van der Waals surface area (Å²) in [6, 6.07) is 4.19. The van der Waals surface area contributed by atoms with Gasteiger partial charge in [0.15, 0.2) is 0 Å². The number of alkyl halides is 3. The van der Waals surface area contributed by atoms with Crippen LogP contribution in [0.4, 0.5) is 18.9 Å². The molecule has 0 aliphatic rings. The highest BCUT2D eigenvalue weighted by Crippen LogP contribution is 2.37. The normalized spacial score (nSPS) is 11.6. The van der Waals surface area contributed by atoms with Gasteiger partial charge in [0.2, 0.25) is 0 Å². The molecule has 0 saturated carbocycles. The molecule has 0 aliphatic heterocycles. The van der Waals surface area contributed by atoms with Gasteiger partial charge in [-0.2, -0.15) is 13.2 Å². The second kappa shape index (κ2) is 5.73. The van der Waals surface area contributed by atoms with Crippen LogP contribution < -0.4 is 10.2 Å². The lowest BCUT2D eigenvalue weighted by atomic mass is 10.1. The quantitative estimate of drug-likeness (QED) is 0.919. The third-order valence-electron chi connectivity index (χ3n) is 2.37. The highest BCUT2D eigenvalue weighted by molar-refractivity contribution is 9.10. The Morgan fingerprint density at radius 3 is 2.53 bits per heavy atom. The number of anilines is 1. The summed E-state index contributed by atoms with van der Waals surface area (Å²) in [5.74, 6) is 0. The molecule has 0 aliphatic carbocycles. The van der Waals surface area contributed by atoms with Gasteiger partial charge in [-0.1, -0.05) is 15.9 Å². The summed E-state index contributed by atoms with van der Waals surface area (Å²) < 4.78 is 39.0. The molecule has 0 amide bonds. The summed E-state index contributed by atoms with van der Waals surface area (Å²) in [5.41, 5.74) is -0.429. The molecule has 1 aromatic rings. The van der Waals surface area contributed by atoms with E-state index in [9.17, 15) is 13.2 Å². The monoisotopic (exact) mass is 310 g/mol. The molecule has 0 aromatic heterocycles. The lowest BCUT2D eigenvalue weighted by Gasteiger charge is -2.23. The molecule has 2 nitrogen and oxygen atoms in total. The Morgan fingerprint density at radius 2 is 2.00 bits per heavy atom. The molecule has 1 aromatic carbocycles. The van der Waals surface area contributed by atoms with E-state index in [1.165, 1.54) is 6.07 Å². The Morgan fingerprint density at radius 1 is 1.35 bits per heavy atom. The van der Waals surface area contributed by atoms with Crippen LogP contribution in [0.25, 0.3) is 0 Å². The SMILES string of the molecule is CNCCN(C)c1ccc(Br)cc1C(F)(F)F. The summed E-state index contributed by atoms with van der Waals surface area (Å²) >= 11 is 3.06. The molecular weight excluding hydrogens is 297 g/mol. The molecule has 6 heteroatoms. The van der Waals surface area contributed by atoms with Crippen LogP contribution in [0.3, 0.4) is 0 Å². The first kappa shape index (κ1) is 14.3. The Bertz CT molecular complexity index is 379. The van der Waals surface area contributed by atoms with Gasteiger partial charge in [0.1, 0.15) is 0 Å². The topological polar surface area (TPSA) is 15.3 Å². The van der Waals surface area contributed by atoms with E-state index in [4.69, 9.17) is 0 Å². The van der Waals surface area contributed by atoms with Crippen molar-refractivity contribution in [2.45, 2.75) is 6.18 Å². The largest absolute Gasteiger partial charge is 0.418 e. The summed E-state index contributed by atoms with van der Waals surface area (Å²) in [7, 11) is 3.41. The first-order valence-electron chi connectivity index (χ1n) is 5.08. The average Bonchev–Trinajstić information content (AvgIpc) is 2.24. The molecule has 0 atom stereocenters. The molecule has 1 N–H and O–H groups in total. The molecule has 0 bridgehead atoms. The second-order valence-electron chi connectivity index (χ2n) is 3.68. The lowest BCUT2D eigenvalue weighted by molar-refractivity contribution is -0.137. The molecule has 0 radical (unpaired) electrons. The maximum atomic E-state index is 12.8. The van der Waals surface area contributed by atoms with E-state index in [1.54, 1.807) is 25.1 Å². The van der Waals surface area contributed by atoms with Crippen molar-refractivity contribution in [1.29, 1.82) is 0 Å². The van der Waals surface area contributed by atoms with Crippen LogP contribution in [0.2, 0.25) is 0 Å². The van der Waals surface area contributed by atoms with Gasteiger partial charge in [0.05, 0.1) is 5.56 Å². The first-order chi connectivity index (χ1) is 7.86. The van der Waals surface area contributed by atoms with Crippen molar-refractivity contribution in [2.24, 2.45) is 0 Å². The van der Waals surface area contributed by atoms with Gasteiger partial charge in [-0.25, -0.2) is 0 Å². The Balaban J connectivity index is 3.06. The van der Waals surface area contributed by atoms with Crippen molar-refractivity contribution in [1.82, 2.24) is 5.32 Å². The molecule has 0 saturated heterocycles. The molecule has 0 unspecified atom stereocenters. The Labute approximate surface area is 107 Å². The number of nitrogens with one attached hydrogen (secondary N) is 1. The smallest absolute Gasteiger partial charge is 0.373 e. The van der Waals surface area contributed by atoms with Crippen LogP contribution in [-0.2, 0) is 6.18 Å². The number of hydrogen-bond donors (Lipinski definition) is 1. The summed E-state index contributed by atoms with van der Waals surface area (Å²) in [4.78, 5) is 1.59. The standard InChI is InChI=1S/C11H14BrF3N2/c1-16-5-6-17(2)10-4-3-8(12)7-9(10)11(13,14)15/h3-4,7,16H,5-6H2,1-2H3. The number of likely N-dealkylation sites (N-methyl/N-ethyl adjacent to an activating group) is 2. The Kier molecular flexibility index (Phi) is 4.82. The zero-order valence-corrected chi connectivity index (χ0v) is 11.2. The maximum absolute atomic E-state index is 12.8. The molecular formula is C11H14BrF3N2. The molecule has 96 valence electrons. The van der Waals surface area contributed by atoms with Crippen molar-refractivity contribution in [2.75, 3.05) is 32.1 Å². The lowest BCUT2D eigenvalue weighted by Crippen LogP contribution is -2.28. The van der Waals surface area contributed by atoms with Crippen LogP contribution in [0.15, 0.2) is 22.7 Å². The van der Waals surface area contributed by atoms with Gasteiger partial charge in [-0.3, -0.25) is 0 Å². The fraction of sp³-hybridized carbons (Fsp3) is 0.455. The van der Waals surface area contributed by atoms with Crippen LogP contribution in [-0.4, -0.2) is 27.2 Å². The molecule has 0 fully saturated rings. The minimum atomic E-state index is -4.34. The highest BCUT2D eigenvalue weighted by Gasteiger charge is 2.34. The van der Waals surface area contributed by atoms with Gasteiger partial charge in [-0.05, 0) is 25.2 Å². The van der Waals surface area contributed by atoms with Gasteiger partial charge >= 0.3 is 6.18 Å². The summed E-state index contributed by atoms with van der Waals surface area (Å²) in [6.45, 7) is 1.14. The minimum Gasteiger partial charge on any atom is -0.373 e. The molecule has 1 rings (SSSR count). The van der Waals surface area contributed by atoms with Crippen molar-refractivity contribution < 1.29 is 13.2 Å². The molecule has 0 heterocycles. The van der Waals surface area contributed by atoms with Crippen molar-refractivity contribution >= 4 is 21.6 Å². The number of rotatable bonds is 4. The van der Waals surface area contributed by atoms with E-state index < -0.39 is 11.7 Å². The molecule has 17 heavy (non-hydrogen) atoms. The minimum absolute atomic E-state index is 0.191. The summed E-state index contributed by atoms with van der Waals surface area (Å²) in [5, 5.41) is 2.91. The average molecular weight is 311 g/mol. The van der Waals surface area contributed by atoms with Gasteiger partial charge in [0, 0.05) is 30.3 Å². The van der Waals surface area contributed by atoms with E-state index in [0.717, 1.165) is 6.07 Å². The number of benzene rings is 1. The van der Waals surface area contributed by atoms with Crippen molar-refractivity contribution in [3.63, 3.8) is 0 Å². The van der Waals surface area contributed by atoms with Gasteiger partial charge in [-0.15, -0.1) is 0 Å². The number of nitrogens with zero attached hydrogens (tertiary/aromatic N) is 1. The van der Waals surface area contributed by atoms with E-state index in [-0.39, 0.29) is 5.69 Å². The van der Waals surface area contributed by atoms with E-state index in [1.807, 2.05) is 0 Å². The predicted octanol–water partition coefficient (Wildman–Crippen LogP) is 3.12. The first-order valence-corrected chi connectivity index (χ1v) is 5.88. The highest BCUT2D eigenvalue weighted by atomic mass is 79.9. The third-order valence-corrected chi connectivity index (χ3v) is 2.87.